The highest BCUT2D eigenvalue weighted by atomic mass is 35.5. The number of halogens is 1. The molecule has 2 rings (SSSR count). The van der Waals surface area contributed by atoms with Crippen LogP contribution in [-0.2, 0) is 0 Å². The molecule has 3 N–H and O–H groups in total. The topological polar surface area (TPSA) is 46.2 Å². The molecule has 0 bridgehead atoms. The van der Waals surface area contributed by atoms with Crippen molar-refractivity contribution in [3.05, 3.63) is 56.2 Å². The molecule has 0 aliphatic carbocycles. The smallest absolute Gasteiger partial charge is 0.0962 e. The Morgan fingerprint density at radius 2 is 1.89 bits per heavy atom. The minimum atomic E-state index is -0.566. The summed E-state index contributed by atoms with van der Waals surface area (Å²) in [5.41, 5.74) is 8.07. The van der Waals surface area contributed by atoms with Gasteiger partial charge in [0.15, 0.2) is 0 Å². The van der Waals surface area contributed by atoms with E-state index < -0.39 is 6.10 Å². The van der Waals surface area contributed by atoms with Crippen LogP contribution >= 0.6 is 22.9 Å². The van der Waals surface area contributed by atoms with Gasteiger partial charge >= 0.3 is 0 Å². The maximum atomic E-state index is 10.5. The fourth-order valence-corrected chi connectivity index (χ4v) is 3.32. The monoisotopic (exact) mass is 295 g/mol. The second kappa shape index (κ2) is 6.06. The van der Waals surface area contributed by atoms with E-state index in [2.05, 4.69) is 13.8 Å². The first-order valence-electron chi connectivity index (χ1n) is 6.23. The molecule has 0 spiro atoms. The molecule has 0 saturated heterocycles. The van der Waals surface area contributed by atoms with Crippen molar-refractivity contribution in [3.8, 4) is 0 Å². The Labute approximate surface area is 122 Å². The zero-order valence-corrected chi connectivity index (χ0v) is 12.6. The van der Waals surface area contributed by atoms with Gasteiger partial charge in [-0.1, -0.05) is 23.7 Å². The number of thiophene rings is 1. The zero-order valence-electron chi connectivity index (χ0n) is 11.1. The van der Waals surface area contributed by atoms with Gasteiger partial charge in [0.1, 0.15) is 0 Å². The Morgan fingerprint density at radius 1 is 1.26 bits per heavy atom. The second-order valence-electron chi connectivity index (χ2n) is 4.73. The Balaban J connectivity index is 2.28. The molecule has 0 fully saturated rings. The van der Waals surface area contributed by atoms with Gasteiger partial charge in [0.2, 0.25) is 0 Å². The summed E-state index contributed by atoms with van der Waals surface area (Å²) >= 11 is 7.52. The predicted molar refractivity (Wildman–Crippen MR) is 82.0 cm³/mol. The van der Waals surface area contributed by atoms with Gasteiger partial charge in [-0.05, 0) is 43.2 Å². The maximum absolute atomic E-state index is 10.5. The van der Waals surface area contributed by atoms with E-state index in [4.69, 9.17) is 17.3 Å². The molecule has 4 heteroatoms. The SMILES string of the molecule is Cc1cc(C(O)C(CN)c2ccc(Cl)cc2)sc1C. The first kappa shape index (κ1) is 14.5. The van der Waals surface area contributed by atoms with E-state index in [0.717, 1.165) is 10.4 Å². The van der Waals surface area contributed by atoms with Crippen LogP contribution < -0.4 is 5.73 Å². The molecule has 1 aromatic heterocycles. The quantitative estimate of drug-likeness (QED) is 0.901. The lowest BCUT2D eigenvalue weighted by molar-refractivity contribution is 0.151. The van der Waals surface area contributed by atoms with Crippen LogP contribution in [0.1, 0.15) is 32.9 Å². The standard InChI is InChI=1S/C15H18ClNOS/c1-9-7-14(19-10(9)2)15(18)13(8-17)11-3-5-12(16)6-4-11/h3-7,13,15,18H,8,17H2,1-2H3. The fraction of sp³-hybridized carbons (Fsp3) is 0.333. The van der Waals surface area contributed by atoms with Gasteiger partial charge in [-0.2, -0.15) is 0 Å². The van der Waals surface area contributed by atoms with E-state index >= 15 is 0 Å². The lowest BCUT2D eigenvalue weighted by Crippen LogP contribution is -2.19. The van der Waals surface area contributed by atoms with Crippen LogP contribution in [0.5, 0.6) is 0 Å². The van der Waals surface area contributed by atoms with E-state index in [0.29, 0.717) is 11.6 Å². The molecule has 19 heavy (non-hydrogen) atoms. The number of hydrogen-bond acceptors (Lipinski definition) is 3. The zero-order chi connectivity index (χ0) is 14.0. The summed E-state index contributed by atoms with van der Waals surface area (Å²) in [6.07, 6.45) is -0.566. The van der Waals surface area contributed by atoms with Crippen molar-refractivity contribution < 1.29 is 5.11 Å². The highest BCUT2D eigenvalue weighted by molar-refractivity contribution is 7.12. The van der Waals surface area contributed by atoms with Crippen molar-refractivity contribution in [1.82, 2.24) is 0 Å². The average molecular weight is 296 g/mol. The molecular formula is C15H18ClNOS. The van der Waals surface area contributed by atoms with Crippen LogP contribution in [0.4, 0.5) is 0 Å². The van der Waals surface area contributed by atoms with Crippen LogP contribution in [0.15, 0.2) is 30.3 Å². The summed E-state index contributed by atoms with van der Waals surface area (Å²) in [4.78, 5) is 2.21. The number of hydrogen-bond donors (Lipinski definition) is 2. The van der Waals surface area contributed by atoms with Crippen LogP contribution in [0.25, 0.3) is 0 Å². The van der Waals surface area contributed by atoms with E-state index in [1.54, 1.807) is 11.3 Å². The van der Waals surface area contributed by atoms with Crippen LogP contribution in [0, 0.1) is 13.8 Å². The van der Waals surface area contributed by atoms with Gasteiger partial charge in [-0.15, -0.1) is 11.3 Å². The molecule has 2 aromatic rings. The summed E-state index contributed by atoms with van der Waals surface area (Å²) in [6.45, 7) is 4.52. The van der Waals surface area contributed by atoms with Crippen molar-refractivity contribution in [1.29, 1.82) is 0 Å². The first-order valence-corrected chi connectivity index (χ1v) is 7.43. The first-order chi connectivity index (χ1) is 9.02. The van der Waals surface area contributed by atoms with Crippen LogP contribution in [-0.4, -0.2) is 11.7 Å². The Bertz CT molecular complexity index is 530. The molecule has 0 radical (unpaired) electrons. The molecule has 2 nitrogen and oxygen atoms in total. The molecule has 2 atom stereocenters. The summed E-state index contributed by atoms with van der Waals surface area (Å²) < 4.78 is 0. The number of benzene rings is 1. The van der Waals surface area contributed by atoms with Gasteiger partial charge in [0.05, 0.1) is 6.10 Å². The molecule has 102 valence electrons. The lowest BCUT2D eigenvalue weighted by Gasteiger charge is -2.21. The van der Waals surface area contributed by atoms with Gasteiger partial charge in [0.25, 0.3) is 0 Å². The molecule has 1 aromatic carbocycles. The Kier molecular flexibility index (Phi) is 4.63. The molecule has 0 saturated carbocycles. The molecule has 0 aliphatic heterocycles. The highest BCUT2D eigenvalue weighted by Crippen LogP contribution is 2.35. The second-order valence-corrected chi connectivity index (χ2v) is 6.45. The van der Waals surface area contributed by atoms with Crippen molar-refractivity contribution in [2.75, 3.05) is 6.54 Å². The lowest BCUT2D eigenvalue weighted by atomic mass is 9.92. The van der Waals surface area contributed by atoms with Gasteiger partial charge in [-0.25, -0.2) is 0 Å². The van der Waals surface area contributed by atoms with Gasteiger partial charge in [-0.3, -0.25) is 0 Å². The van der Waals surface area contributed by atoms with E-state index in [9.17, 15) is 5.11 Å². The van der Waals surface area contributed by atoms with E-state index in [-0.39, 0.29) is 5.92 Å². The number of nitrogens with two attached hydrogens (primary N) is 1. The van der Waals surface area contributed by atoms with E-state index in [1.807, 2.05) is 30.3 Å². The molecule has 0 amide bonds. The summed E-state index contributed by atoms with van der Waals surface area (Å²) in [7, 11) is 0. The van der Waals surface area contributed by atoms with E-state index in [1.165, 1.54) is 10.4 Å². The minimum absolute atomic E-state index is 0.102. The van der Waals surface area contributed by atoms with Crippen LogP contribution in [0.2, 0.25) is 5.02 Å². The van der Waals surface area contributed by atoms with Gasteiger partial charge in [0, 0.05) is 27.2 Å². The maximum Gasteiger partial charge on any atom is 0.0962 e. The normalized spacial score (nSPS) is 14.4. The van der Waals surface area contributed by atoms with Gasteiger partial charge < -0.3 is 10.8 Å². The number of aryl methyl sites for hydroxylation is 2. The molecule has 0 aliphatic rings. The predicted octanol–water partition coefficient (Wildman–Crippen LogP) is 3.79. The molecule has 2 unspecified atom stereocenters. The molecule has 1 heterocycles. The van der Waals surface area contributed by atoms with Crippen molar-refractivity contribution in [2.45, 2.75) is 25.9 Å². The summed E-state index contributed by atoms with van der Waals surface area (Å²) in [5.74, 6) is -0.102. The summed E-state index contributed by atoms with van der Waals surface area (Å²) in [6, 6.07) is 9.56. The highest BCUT2D eigenvalue weighted by Gasteiger charge is 2.23. The number of aliphatic hydroxyl groups excluding tert-OH is 1. The third kappa shape index (κ3) is 3.18. The third-order valence-corrected chi connectivity index (χ3v) is 4.88. The average Bonchev–Trinajstić information content (AvgIpc) is 2.73. The fourth-order valence-electron chi connectivity index (χ4n) is 2.10. The number of rotatable bonds is 4. The summed E-state index contributed by atoms with van der Waals surface area (Å²) in [5, 5.41) is 11.2. The number of aliphatic hydroxyl groups is 1. The largest absolute Gasteiger partial charge is 0.387 e. The minimum Gasteiger partial charge on any atom is -0.387 e. The third-order valence-electron chi connectivity index (χ3n) is 3.41. The van der Waals surface area contributed by atoms with Crippen molar-refractivity contribution >= 4 is 22.9 Å². The Hall–Kier alpha value is -0.870. The Morgan fingerprint density at radius 3 is 2.37 bits per heavy atom. The van der Waals surface area contributed by atoms with Crippen molar-refractivity contribution in [2.24, 2.45) is 5.73 Å². The van der Waals surface area contributed by atoms with Crippen molar-refractivity contribution in [3.63, 3.8) is 0 Å². The van der Waals surface area contributed by atoms with Crippen LogP contribution in [0.3, 0.4) is 0 Å². The molecular weight excluding hydrogens is 278 g/mol.